The van der Waals surface area contributed by atoms with Gasteiger partial charge in [-0.3, -0.25) is 4.90 Å². The summed E-state index contributed by atoms with van der Waals surface area (Å²) in [6, 6.07) is 29.3. The zero-order chi connectivity index (χ0) is 18.9. The van der Waals surface area contributed by atoms with Crippen LogP contribution in [0, 0.1) is 5.41 Å². The lowest BCUT2D eigenvalue weighted by atomic mass is 9.91. The van der Waals surface area contributed by atoms with Gasteiger partial charge in [-0.25, -0.2) is 4.99 Å². The lowest BCUT2D eigenvalue weighted by molar-refractivity contribution is 0.545. The average Bonchev–Trinajstić information content (AvgIpc) is 2.68. The van der Waals surface area contributed by atoms with Crippen molar-refractivity contribution in [2.24, 2.45) is 10.4 Å². The van der Waals surface area contributed by atoms with Gasteiger partial charge >= 0.3 is 0 Å². The van der Waals surface area contributed by atoms with Crippen molar-refractivity contribution < 1.29 is 0 Å². The number of benzene rings is 3. The average molecular weight is 352 g/mol. The van der Waals surface area contributed by atoms with Crippen LogP contribution in [0.5, 0.6) is 0 Å². The first kappa shape index (κ1) is 17.3. The molecule has 0 aromatic heterocycles. The molecule has 4 rings (SSSR count). The zero-order valence-electron chi connectivity index (χ0n) is 16.1. The lowest BCUT2D eigenvalue weighted by Gasteiger charge is -2.35. The number of hydrogen-bond acceptors (Lipinski definition) is 2. The van der Waals surface area contributed by atoms with Gasteiger partial charge in [-0.05, 0) is 23.6 Å². The first-order valence-electron chi connectivity index (χ1n) is 9.34. The Hall–Kier alpha value is -3.13. The third-order valence-corrected chi connectivity index (χ3v) is 4.48. The smallest absolute Gasteiger partial charge is 0.145 e. The van der Waals surface area contributed by atoms with Gasteiger partial charge in [0.1, 0.15) is 5.84 Å². The molecule has 27 heavy (non-hydrogen) atoms. The Morgan fingerprint density at radius 3 is 2.00 bits per heavy atom. The number of amidine groups is 1. The fourth-order valence-electron chi connectivity index (χ4n) is 3.36. The quantitative estimate of drug-likeness (QED) is 0.503. The Kier molecular flexibility index (Phi) is 4.41. The molecule has 0 radical (unpaired) electrons. The van der Waals surface area contributed by atoms with Crippen molar-refractivity contribution in [2.45, 2.75) is 20.8 Å². The van der Waals surface area contributed by atoms with Gasteiger partial charge in [0.25, 0.3) is 0 Å². The highest BCUT2D eigenvalue weighted by atomic mass is 15.2. The second-order valence-corrected chi connectivity index (χ2v) is 7.89. The van der Waals surface area contributed by atoms with Crippen molar-refractivity contribution in [2.75, 3.05) is 4.90 Å². The molecule has 0 aliphatic carbocycles. The van der Waals surface area contributed by atoms with Crippen molar-refractivity contribution >= 4 is 22.9 Å². The van der Waals surface area contributed by atoms with Gasteiger partial charge < -0.3 is 0 Å². The van der Waals surface area contributed by atoms with Gasteiger partial charge in [0.2, 0.25) is 0 Å². The van der Waals surface area contributed by atoms with Gasteiger partial charge in [-0.2, -0.15) is 0 Å². The number of para-hydroxylation sites is 2. The van der Waals surface area contributed by atoms with Gasteiger partial charge in [0, 0.05) is 16.8 Å². The van der Waals surface area contributed by atoms with Gasteiger partial charge in [0.05, 0.1) is 11.4 Å². The number of allylic oxidation sites excluding steroid dienone is 1. The molecule has 0 bridgehead atoms. The van der Waals surface area contributed by atoms with Crippen LogP contribution in [0.1, 0.15) is 31.9 Å². The predicted molar refractivity (Wildman–Crippen MR) is 115 cm³/mol. The first-order chi connectivity index (χ1) is 13.0. The summed E-state index contributed by atoms with van der Waals surface area (Å²) in [4.78, 5) is 7.34. The number of aliphatic imine (C=N–C) groups is 1. The molecule has 0 amide bonds. The maximum absolute atomic E-state index is 5.06. The molecule has 2 nitrogen and oxygen atoms in total. The highest BCUT2D eigenvalue weighted by molar-refractivity contribution is 6.20. The third-order valence-electron chi connectivity index (χ3n) is 4.48. The molecule has 1 aliphatic heterocycles. The Balaban J connectivity index is 2.02. The van der Waals surface area contributed by atoms with Gasteiger partial charge in [0.15, 0.2) is 0 Å². The first-order valence-corrected chi connectivity index (χ1v) is 9.34. The molecule has 0 fully saturated rings. The maximum atomic E-state index is 5.06. The van der Waals surface area contributed by atoms with E-state index in [9.17, 15) is 0 Å². The summed E-state index contributed by atoms with van der Waals surface area (Å²) in [6.07, 6.45) is 2.34. The summed E-state index contributed by atoms with van der Waals surface area (Å²) in [7, 11) is 0. The van der Waals surface area contributed by atoms with E-state index in [1.165, 1.54) is 5.70 Å². The van der Waals surface area contributed by atoms with Gasteiger partial charge in [-0.1, -0.05) is 93.6 Å². The lowest BCUT2D eigenvalue weighted by Crippen LogP contribution is -2.33. The van der Waals surface area contributed by atoms with Crippen molar-refractivity contribution in [3.05, 3.63) is 102 Å². The second-order valence-electron chi connectivity index (χ2n) is 7.89. The Morgan fingerprint density at radius 2 is 1.33 bits per heavy atom. The van der Waals surface area contributed by atoms with Gasteiger partial charge in [-0.15, -0.1) is 0 Å². The molecule has 0 atom stereocenters. The zero-order valence-corrected chi connectivity index (χ0v) is 16.1. The topological polar surface area (TPSA) is 15.6 Å². The Labute approximate surface area is 161 Å². The second kappa shape index (κ2) is 6.88. The highest BCUT2D eigenvalue weighted by Crippen LogP contribution is 2.40. The molecule has 1 heterocycles. The van der Waals surface area contributed by atoms with E-state index in [2.05, 4.69) is 105 Å². The van der Waals surface area contributed by atoms with E-state index in [0.29, 0.717) is 0 Å². The van der Waals surface area contributed by atoms with Crippen molar-refractivity contribution in [3.63, 3.8) is 0 Å². The third kappa shape index (κ3) is 3.56. The Bertz CT molecular complexity index is 993. The van der Waals surface area contributed by atoms with E-state index in [-0.39, 0.29) is 5.41 Å². The van der Waals surface area contributed by atoms with Crippen LogP contribution in [0.25, 0.3) is 5.70 Å². The summed E-state index contributed by atoms with van der Waals surface area (Å²) < 4.78 is 0. The maximum Gasteiger partial charge on any atom is 0.145 e. The van der Waals surface area contributed by atoms with Crippen LogP contribution in [0.15, 0.2) is 96.0 Å². The summed E-state index contributed by atoms with van der Waals surface area (Å²) in [5.74, 6) is 0.955. The van der Waals surface area contributed by atoms with Crippen LogP contribution in [0.4, 0.5) is 11.4 Å². The summed E-state index contributed by atoms with van der Waals surface area (Å²) in [5.41, 5.74) is 5.61. The van der Waals surface area contributed by atoms with E-state index < -0.39 is 0 Å². The molecule has 0 spiro atoms. The molecule has 0 saturated heterocycles. The molecule has 3 aromatic rings. The molecule has 2 heteroatoms. The number of hydrogen-bond donors (Lipinski definition) is 0. The molecular formula is C25H24N2. The van der Waals surface area contributed by atoms with Crippen LogP contribution in [-0.2, 0) is 0 Å². The van der Waals surface area contributed by atoms with E-state index >= 15 is 0 Å². The van der Waals surface area contributed by atoms with Crippen LogP contribution >= 0.6 is 0 Å². The largest absolute Gasteiger partial charge is 0.294 e. The fraction of sp³-hybridized carbons (Fsp3) is 0.160. The van der Waals surface area contributed by atoms with E-state index in [1.54, 1.807) is 0 Å². The van der Waals surface area contributed by atoms with E-state index in [4.69, 9.17) is 4.99 Å². The van der Waals surface area contributed by atoms with Crippen molar-refractivity contribution in [1.82, 2.24) is 0 Å². The molecule has 3 aromatic carbocycles. The minimum atomic E-state index is 0.0363. The van der Waals surface area contributed by atoms with Crippen LogP contribution in [-0.4, -0.2) is 5.84 Å². The minimum absolute atomic E-state index is 0.0363. The van der Waals surface area contributed by atoms with Crippen LogP contribution in [0.2, 0.25) is 0 Å². The highest BCUT2D eigenvalue weighted by Gasteiger charge is 2.28. The summed E-state index contributed by atoms with van der Waals surface area (Å²) in [6.45, 7) is 6.71. The standard InChI is InChI=1S/C25H24N2/c1-25(2,3)18-23-21-16-10-11-17-22(21)26-24(19-12-6-4-7-13-19)27(23)20-14-8-5-9-15-20/h4-18H,1-3H3/b23-18+. The van der Waals surface area contributed by atoms with Crippen molar-refractivity contribution in [3.8, 4) is 0 Å². The number of nitrogens with zero attached hydrogens (tertiary/aromatic N) is 2. The Morgan fingerprint density at radius 1 is 0.741 bits per heavy atom. The van der Waals surface area contributed by atoms with Crippen molar-refractivity contribution in [1.29, 1.82) is 0 Å². The van der Waals surface area contributed by atoms with Crippen LogP contribution in [0.3, 0.4) is 0 Å². The number of rotatable bonds is 2. The van der Waals surface area contributed by atoms with E-state index in [1.807, 2.05) is 12.1 Å². The number of anilines is 1. The van der Waals surface area contributed by atoms with E-state index in [0.717, 1.165) is 28.3 Å². The predicted octanol–water partition coefficient (Wildman–Crippen LogP) is 6.67. The molecule has 0 unspecified atom stereocenters. The van der Waals surface area contributed by atoms with Crippen LogP contribution < -0.4 is 4.90 Å². The molecule has 0 N–H and O–H groups in total. The summed E-state index contributed by atoms with van der Waals surface area (Å²) >= 11 is 0. The molecular weight excluding hydrogens is 328 g/mol. The molecule has 134 valence electrons. The summed E-state index contributed by atoms with van der Waals surface area (Å²) in [5, 5.41) is 0. The molecule has 1 aliphatic rings. The monoisotopic (exact) mass is 352 g/mol. The fourth-order valence-corrected chi connectivity index (χ4v) is 3.36. The normalized spacial score (nSPS) is 15.4. The SMILES string of the molecule is CC(C)(C)/C=C1\c2ccccc2N=C(c2ccccc2)N1c1ccccc1. The minimum Gasteiger partial charge on any atom is -0.294 e. The molecule has 0 saturated carbocycles. The number of fused-ring (bicyclic) bond motifs is 1.